The van der Waals surface area contributed by atoms with Gasteiger partial charge in [0.05, 0.1) is 6.04 Å². The van der Waals surface area contributed by atoms with Gasteiger partial charge in [0.25, 0.3) is 0 Å². The zero-order valence-electron chi connectivity index (χ0n) is 10.4. The summed E-state index contributed by atoms with van der Waals surface area (Å²) in [6, 6.07) is 4.53. The van der Waals surface area contributed by atoms with Crippen molar-refractivity contribution in [1.82, 2.24) is 10.4 Å². The Morgan fingerprint density at radius 1 is 1.35 bits per heavy atom. The summed E-state index contributed by atoms with van der Waals surface area (Å²) in [5, 5.41) is 0. The van der Waals surface area contributed by atoms with Crippen molar-refractivity contribution in [1.29, 1.82) is 0 Å². The Kier molecular flexibility index (Phi) is 2.89. The third kappa shape index (κ3) is 1.98. The van der Waals surface area contributed by atoms with Gasteiger partial charge in [0.15, 0.2) is 0 Å². The van der Waals surface area contributed by atoms with Crippen LogP contribution in [0.4, 0.5) is 0 Å². The van der Waals surface area contributed by atoms with Crippen LogP contribution in [0.3, 0.4) is 0 Å². The van der Waals surface area contributed by atoms with E-state index in [-0.39, 0.29) is 0 Å². The maximum atomic E-state index is 5.78. The topological polar surface area (TPSA) is 50.9 Å². The number of rotatable bonds is 3. The van der Waals surface area contributed by atoms with E-state index in [0.717, 1.165) is 17.5 Å². The lowest BCUT2D eigenvalue weighted by Gasteiger charge is -2.30. The Labute approximate surface area is 103 Å². The summed E-state index contributed by atoms with van der Waals surface area (Å²) in [6.07, 6.45) is 7.57. The standard InChI is InChI=1S/C14H21N3/c1-9-2-4-12(8-16-9)14(17-15)13-7-10-3-5-11(13)6-10/h2,4,8,10-11,13-14,17H,3,5-7,15H2,1H3. The van der Waals surface area contributed by atoms with Crippen LogP contribution in [0, 0.1) is 24.7 Å². The van der Waals surface area contributed by atoms with Crippen LogP contribution in [-0.4, -0.2) is 4.98 Å². The van der Waals surface area contributed by atoms with E-state index in [1.165, 1.54) is 31.2 Å². The Bertz CT molecular complexity index is 387. The highest BCUT2D eigenvalue weighted by Gasteiger charge is 2.43. The predicted molar refractivity (Wildman–Crippen MR) is 68.0 cm³/mol. The minimum Gasteiger partial charge on any atom is -0.271 e. The van der Waals surface area contributed by atoms with E-state index in [9.17, 15) is 0 Å². The molecule has 3 rings (SSSR count). The largest absolute Gasteiger partial charge is 0.271 e. The van der Waals surface area contributed by atoms with Gasteiger partial charge in [-0.2, -0.15) is 0 Å². The van der Waals surface area contributed by atoms with Crippen molar-refractivity contribution < 1.29 is 0 Å². The van der Waals surface area contributed by atoms with Crippen molar-refractivity contribution in [3.63, 3.8) is 0 Å². The van der Waals surface area contributed by atoms with Crippen molar-refractivity contribution in [2.45, 2.75) is 38.6 Å². The molecule has 1 aromatic heterocycles. The van der Waals surface area contributed by atoms with Crippen molar-refractivity contribution in [3.8, 4) is 0 Å². The molecule has 0 aliphatic heterocycles. The molecule has 2 aliphatic carbocycles. The number of nitrogens with zero attached hydrogens (tertiary/aromatic N) is 1. The van der Waals surface area contributed by atoms with Crippen LogP contribution in [0.15, 0.2) is 18.3 Å². The first-order valence-corrected chi connectivity index (χ1v) is 6.66. The molecule has 4 atom stereocenters. The number of aromatic nitrogens is 1. The van der Waals surface area contributed by atoms with Gasteiger partial charge in [-0.3, -0.25) is 16.3 Å². The predicted octanol–water partition coefficient (Wildman–Crippen LogP) is 2.33. The van der Waals surface area contributed by atoms with Crippen molar-refractivity contribution in [2.24, 2.45) is 23.6 Å². The number of fused-ring (bicyclic) bond motifs is 2. The lowest BCUT2D eigenvalue weighted by Crippen LogP contribution is -2.35. The summed E-state index contributed by atoms with van der Waals surface area (Å²) in [6.45, 7) is 2.02. The molecule has 2 fully saturated rings. The number of nitrogens with one attached hydrogen (secondary N) is 1. The second-order valence-electron chi connectivity index (χ2n) is 5.72. The van der Waals surface area contributed by atoms with E-state index >= 15 is 0 Å². The zero-order chi connectivity index (χ0) is 11.8. The first-order valence-electron chi connectivity index (χ1n) is 6.66. The molecule has 0 radical (unpaired) electrons. The Morgan fingerprint density at radius 2 is 2.24 bits per heavy atom. The normalized spacial score (nSPS) is 32.9. The number of hydrogen-bond donors (Lipinski definition) is 2. The van der Waals surface area contributed by atoms with Crippen LogP contribution in [0.5, 0.6) is 0 Å². The fourth-order valence-electron chi connectivity index (χ4n) is 3.83. The van der Waals surface area contributed by atoms with Crippen LogP contribution in [0.1, 0.15) is 43.0 Å². The maximum Gasteiger partial charge on any atom is 0.0506 e. The lowest BCUT2D eigenvalue weighted by atomic mass is 9.81. The Morgan fingerprint density at radius 3 is 2.76 bits per heavy atom. The highest BCUT2D eigenvalue weighted by Crippen LogP contribution is 2.52. The van der Waals surface area contributed by atoms with E-state index in [1.54, 1.807) is 0 Å². The molecule has 0 amide bonds. The van der Waals surface area contributed by atoms with Gasteiger partial charge in [0.2, 0.25) is 0 Å². The van der Waals surface area contributed by atoms with E-state index in [0.29, 0.717) is 12.0 Å². The molecule has 4 unspecified atom stereocenters. The first kappa shape index (κ1) is 11.2. The van der Waals surface area contributed by atoms with E-state index in [1.807, 2.05) is 13.1 Å². The summed E-state index contributed by atoms with van der Waals surface area (Å²) in [5.74, 6) is 8.32. The number of aryl methyl sites for hydroxylation is 1. The van der Waals surface area contributed by atoms with Crippen LogP contribution < -0.4 is 11.3 Å². The van der Waals surface area contributed by atoms with Gasteiger partial charge in [-0.25, -0.2) is 0 Å². The molecular formula is C14H21N3. The third-order valence-electron chi connectivity index (χ3n) is 4.69. The van der Waals surface area contributed by atoms with E-state index in [4.69, 9.17) is 5.84 Å². The molecule has 3 heteroatoms. The average molecular weight is 231 g/mol. The Balaban J connectivity index is 1.81. The van der Waals surface area contributed by atoms with Crippen molar-refractivity contribution in [3.05, 3.63) is 29.6 Å². The summed E-state index contributed by atoms with van der Waals surface area (Å²) < 4.78 is 0. The molecule has 2 aliphatic rings. The molecule has 0 aromatic carbocycles. The van der Waals surface area contributed by atoms with Crippen LogP contribution in [-0.2, 0) is 0 Å². The van der Waals surface area contributed by atoms with Gasteiger partial charge in [-0.05, 0) is 55.6 Å². The molecular weight excluding hydrogens is 210 g/mol. The van der Waals surface area contributed by atoms with Gasteiger partial charge in [-0.1, -0.05) is 12.5 Å². The van der Waals surface area contributed by atoms with Crippen LogP contribution in [0.2, 0.25) is 0 Å². The monoisotopic (exact) mass is 231 g/mol. The molecule has 92 valence electrons. The smallest absolute Gasteiger partial charge is 0.0506 e. The van der Waals surface area contributed by atoms with Crippen molar-refractivity contribution >= 4 is 0 Å². The molecule has 17 heavy (non-hydrogen) atoms. The summed E-state index contributed by atoms with van der Waals surface area (Å²) in [4.78, 5) is 4.39. The maximum absolute atomic E-state index is 5.78. The van der Waals surface area contributed by atoms with Gasteiger partial charge in [-0.15, -0.1) is 0 Å². The van der Waals surface area contributed by atoms with Crippen molar-refractivity contribution in [2.75, 3.05) is 0 Å². The number of hydrazine groups is 1. The van der Waals surface area contributed by atoms with Gasteiger partial charge < -0.3 is 0 Å². The highest BCUT2D eigenvalue weighted by atomic mass is 15.2. The van der Waals surface area contributed by atoms with Gasteiger partial charge in [0, 0.05) is 11.9 Å². The van der Waals surface area contributed by atoms with Gasteiger partial charge in [0.1, 0.15) is 0 Å². The average Bonchev–Trinajstić information content (AvgIpc) is 2.95. The fraction of sp³-hybridized carbons (Fsp3) is 0.643. The molecule has 3 N–H and O–H groups in total. The fourth-order valence-corrected chi connectivity index (χ4v) is 3.83. The van der Waals surface area contributed by atoms with E-state index < -0.39 is 0 Å². The summed E-state index contributed by atoms with van der Waals surface area (Å²) >= 11 is 0. The molecule has 3 nitrogen and oxygen atoms in total. The minimum absolute atomic E-state index is 0.290. The summed E-state index contributed by atoms with van der Waals surface area (Å²) in [5.41, 5.74) is 5.34. The molecule has 0 saturated heterocycles. The summed E-state index contributed by atoms with van der Waals surface area (Å²) in [7, 11) is 0. The quantitative estimate of drug-likeness (QED) is 0.620. The third-order valence-corrected chi connectivity index (χ3v) is 4.69. The molecule has 1 aromatic rings. The van der Waals surface area contributed by atoms with Gasteiger partial charge >= 0.3 is 0 Å². The number of pyridine rings is 1. The molecule has 2 saturated carbocycles. The second kappa shape index (κ2) is 4.39. The van der Waals surface area contributed by atoms with E-state index in [2.05, 4.69) is 22.5 Å². The Hall–Kier alpha value is -0.930. The highest BCUT2D eigenvalue weighted by molar-refractivity contribution is 5.19. The first-order chi connectivity index (χ1) is 8.28. The lowest BCUT2D eigenvalue weighted by molar-refractivity contribution is 0.252. The SMILES string of the molecule is Cc1ccc(C(NN)C2CC3CCC2C3)cn1. The molecule has 2 bridgehead atoms. The second-order valence-corrected chi connectivity index (χ2v) is 5.72. The van der Waals surface area contributed by atoms with Crippen LogP contribution >= 0.6 is 0 Å². The van der Waals surface area contributed by atoms with Crippen LogP contribution in [0.25, 0.3) is 0 Å². The minimum atomic E-state index is 0.290. The number of nitrogens with two attached hydrogens (primary N) is 1. The zero-order valence-corrected chi connectivity index (χ0v) is 10.4. The molecule has 1 heterocycles. The number of hydrogen-bond acceptors (Lipinski definition) is 3. The molecule has 0 spiro atoms.